The van der Waals surface area contributed by atoms with Crippen LogP contribution in [0.15, 0.2) is 18.2 Å². The van der Waals surface area contributed by atoms with Gasteiger partial charge in [-0.25, -0.2) is 0 Å². The van der Waals surface area contributed by atoms with Crippen LogP contribution in [0.2, 0.25) is 0 Å². The van der Waals surface area contributed by atoms with Gasteiger partial charge in [-0.15, -0.1) is 0 Å². The van der Waals surface area contributed by atoms with Crippen LogP contribution in [0.25, 0.3) is 0 Å². The molecule has 1 amide bonds. The molecule has 3 nitrogen and oxygen atoms in total. The third-order valence-corrected chi connectivity index (χ3v) is 4.08. The number of hydrogen-bond donors (Lipinski definition) is 2. The molecule has 3 heteroatoms. The quantitative estimate of drug-likeness (QED) is 0.802. The predicted molar refractivity (Wildman–Crippen MR) is 79.1 cm³/mol. The first-order valence-corrected chi connectivity index (χ1v) is 7.04. The lowest BCUT2D eigenvalue weighted by Crippen LogP contribution is -2.40. The normalized spacial score (nSPS) is 21.9. The molecule has 1 aromatic rings. The number of benzene rings is 1. The van der Waals surface area contributed by atoms with Crippen molar-refractivity contribution >= 4 is 11.6 Å². The standard InChI is InChI=1S/C16H24N2O/c1-11-6-7-12(9-14(11)17)15(19)18-13-5-4-8-16(2,3)10-13/h6-7,9,13H,4-5,8,10,17H2,1-3H3,(H,18,19). The van der Waals surface area contributed by atoms with Gasteiger partial charge in [-0.3, -0.25) is 4.79 Å². The summed E-state index contributed by atoms with van der Waals surface area (Å²) < 4.78 is 0. The van der Waals surface area contributed by atoms with Crippen LogP contribution in [-0.4, -0.2) is 11.9 Å². The Balaban J connectivity index is 2.02. The van der Waals surface area contributed by atoms with Gasteiger partial charge < -0.3 is 11.1 Å². The first-order valence-electron chi connectivity index (χ1n) is 7.04. The van der Waals surface area contributed by atoms with Crippen molar-refractivity contribution < 1.29 is 4.79 Å². The van der Waals surface area contributed by atoms with Crippen LogP contribution in [0.5, 0.6) is 0 Å². The highest BCUT2D eigenvalue weighted by molar-refractivity contribution is 5.95. The molecule has 1 unspecified atom stereocenters. The third-order valence-electron chi connectivity index (χ3n) is 4.08. The Morgan fingerprint density at radius 3 is 2.79 bits per heavy atom. The molecule has 1 aliphatic rings. The summed E-state index contributed by atoms with van der Waals surface area (Å²) in [5.41, 5.74) is 8.54. The fourth-order valence-corrected chi connectivity index (χ4v) is 2.87. The smallest absolute Gasteiger partial charge is 0.251 e. The third kappa shape index (κ3) is 3.49. The fourth-order valence-electron chi connectivity index (χ4n) is 2.87. The monoisotopic (exact) mass is 260 g/mol. The summed E-state index contributed by atoms with van der Waals surface area (Å²) >= 11 is 0. The van der Waals surface area contributed by atoms with Crippen LogP contribution in [-0.2, 0) is 0 Å². The molecule has 0 aromatic heterocycles. The van der Waals surface area contributed by atoms with Crippen molar-refractivity contribution in [2.45, 2.75) is 52.5 Å². The van der Waals surface area contributed by atoms with E-state index < -0.39 is 0 Å². The second kappa shape index (κ2) is 5.24. The summed E-state index contributed by atoms with van der Waals surface area (Å²) in [7, 11) is 0. The number of nitrogens with one attached hydrogen (secondary N) is 1. The van der Waals surface area contributed by atoms with Crippen LogP contribution >= 0.6 is 0 Å². The summed E-state index contributed by atoms with van der Waals surface area (Å²) in [6.45, 7) is 6.49. The molecule has 3 N–H and O–H groups in total. The number of hydrogen-bond acceptors (Lipinski definition) is 2. The van der Waals surface area contributed by atoms with E-state index in [4.69, 9.17) is 5.73 Å². The Hall–Kier alpha value is -1.51. The van der Waals surface area contributed by atoms with E-state index in [2.05, 4.69) is 19.2 Å². The molecule has 19 heavy (non-hydrogen) atoms. The fraction of sp³-hybridized carbons (Fsp3) is 0.562. The van der Waals surface area contributed by atoms with Crippen molar-refractivity contribution in [3.8, 4) is 0 Å². The first kappa shape index (κ1) is 13.9. The van der Waals surface area contributed by atoms with Gasteiger partial charge in [0.2, 0.25) is 0 Å². The molecule has 1 aromatic carbocycles. The average molecular weight is 260 g/mol. The summed E-state index contributed by atoms with van der Waals surface area (Å²) in [4.78, 5) is 12.2. The van der Waals surface area contributed by atoms with E-state index in [1.165, 1.54) is 12.8 Å². The minimum Gasteiger partial charge on any atom is -0.398 e. The molecule has 1 atom stereocenters. The van der Waals surface area contributed by atoms with E-state index in [0.717, 1.165) is 18.4 Å². The largest absolute Gasteiger partial charge is 0.398 e. The second-order valence-corrected chi connectivity index (χ2v) is 6.50. The van der Waals surface area contributed by atoms with Crippen molar-refractivity contribution in [3.63, 3.8) is 0 Å². The molecule has 104 valence electrons. The number of rotatable bonds is 2. The molecule has 0 radical (unpaired) electrons. The van der Waals surface area contributed by atoms with Crippen LogP contribution in [0, 0.1) is 12.3 Å². The Bertz CT molecular complexity index is 480. The molecule has 0 aliphatic heterocycles. The minimum atomic E-state index is -0.00519. The molecule has 2 rings (SSSR count). The van der Waals surface area contributed by atoms with Crippen LogP contribution < -0.4 is 11.1 Å². The van der Waals surface area contributed by atoms with Crippen molar-refractivity contribution in [1.29, 1.82) is 0 Å². The van der Waals surface area contributed by atoms with Gasteiger partial charge in [0, 0.05) is 17.3 Å². The Morgan fingerprint density at radius 1 is 1.42 bits per heavy atom. The van der Waals surface area contributed by atoms with Gasteiger partial charge in [0.05, 0.1) is 0 Å². The lowest BCUT2D eigenvalue weighted by atomic mass is 9.75. The molecule has 1 fully saturated rings. The molecular formula is C16H24N2O. The Labute approximate surface area is 115 Å². The van der Waals surface area contributed by atoms with Gasteiger partial charge in [-0.2, -0.15) is 0 Å². The van der Waals surface area contributed by atoms with Gasteiger partial charge in [-0.05, 0) is 49.3 Å². The molecular weight excluding hydrogens is 236 g/mol. The zero-order valence-electron chi connectivity index (χ0n) is 12.1. The van der Waals surface area contributed by atoms with Crippen LogP contribution in [0.4, 0.5) is 5.69 Å². The van der Waals surface area contributed by atoms with Crippen molar-refractivity contribution in [3.05, 3.63) is 29.3 Å². The molecule has 0 bridgehead atoms. The summed E-state index contributed by atoms with van der Waals surface area (Å²) in [5, 5.41) is 3.14. The average Bonchev–Trinajstić information content (AvgIpc) is 2.31. The summed E-state index contributed by atoms with van der Waals surface area (Å²) in [6.07, 6.45) is 4.57. The highest BCUT2D eigenvalue weighted by atomic mass is 16.1. The minimum absolute atomic E-state index is 0.00519. The molecule has 1 saturated carbocycles. The van der Waals surface area contributed by atoms with E-state index in [0.29, 0.717) is 22.7 Å². The first-order chi connectivity index (χ1) is 8.87. The lowest BCUT2D eigenvalue weighted by molar-refractivity contribution is 0.0902. The number of carbonyl (C=O) groups is 1. The van der Waals surface area contributed by atoms with E-state index in [9.17, 15) is 4.79 Å². The van der Waals surface area contributed by atoms with Crippen molar-refractivity contribution in [2.24, 2.45) is 5.41 Å². The van der Waals surface area contributed by atoms with Crippen molar-refractivity contribution in [2.75, 3.05) is 5.73 Å². The maximum Gasteiger partial charge on any atom is 0.251 e. The van der Waals surface area contributed by atoms with Gasteiger partial charge in [0.1, 0.15) is 0 Å². The lowest BCUT2D eigenvalue weighted by Gasteiger charge is -2.35. The van der Waals surface area contributed by atoms with Gasteiger partial charge in [-0.1, -0.05) is 26.3 Å². The number of nitrogens with two attached hydrogens (primary N) is 1. The van der Waals surface area contributed by atoms with Gasteiger partial charge >= 0.3 is 0 Å². The highest BCUT2D eigenvalue weighted by Crippen LogP contribution is 2.35. The maximum atomic E-state index is 12.2. The molecule has 0 saturated heterocycles. The predicted octanol–water partition coefficient (Wildman–Crippen LogP) is 3.28. The summed E-state index contributed by atoms with van der Waals surface area (Å²) in [6, 6.07) is 5.79. The number of anilines is 1. The number of aryl methyl sites for hydroxylation is 1. The summed E-state index contributed by atoms with van der Waals surface area (Å²) in [5.74, 6) is -0.00519. The van der Waals surface area contributed by atoms with Gasteiger partial charge in [0.25, 0.3) is 5.91 Å². The molecule has 1 aliphatic carbocycles. The number of nitrogen functional groups attached to an aromatic ring is 1. The van der Waals surface area contributed by atoms with E-state index in [-0.39, 0.29) is 5.91 Å². The SMILES string of the molecule is Cc1ccc(C(=O)NC2CCCC(C)(C)C2)cc1N. The van der Waals surface area contributed by atoms with E-state index >= 15 is 0 Å². The number of amides is 1. The molecule has 0 spiro atoms. The van der Waals surface area contributed by atoms with Crippen LogP contribution in [0.1, 0.15) is 55.5 Å². The van der Waals surface area contributed by atoms with Crippen LogP contribution in [0.3, 0.4) is 0 Å². The van der Waals surface area contributed by atoms with Crippen molar-refractivity contribution in [1.82, 2.24) is 5.32 Å². The molecule has 0 heterocycles. The number of carbonyl (C=O) groups excluding carboxylic acids is 1. The van der Waals surface area contributed by atoms with Gasteiger partial charge in [0.15, 0.2) is 0 Å². The Kier molecular flexibility index (Phi) is 3.83. The van der Waals surface area contributed by atoms with E-state index in [1.807, 2.05) is 19.1 Å². The highest BCUT2D eigenvalue weighted by Gasteiger charge is 2.28. The Morgan fingerprint density at radius 2 is 2.16 bits per heavy atom. The van der Waals surface area contributed by atoms with E-state index in [1.54, 1.807) is 6.07 Å². The zero-order chi connectivity index (χ0) is 14.0. The topological polar surface area (TPSA) is 55.1 Å². The maximum absolute atomic E-state index is 12.2. The zero-order valence-corrected chi connectivity index (χ0v) is 12.1. The second-order valence-electron chi connectivity index (χ2n) is 6.50.